The minimum absolute atomic E-state index is 0.00755. The van der Waals surface area contributed by atoms with E-state index in [-0.39, 0.29) is 24.0 Å². The number of hydrogen-bond acceptors (Lipinski definition) is 4. The molecule has 7 rings (SSSR count). The number of likely N-dealkylation sites (tertiary alicyclic amines) is 3. The molecule has 1 unspecified atom stereocenters. The first-order chi connectivity index (χ1) is 22.0. The van der Waals surface area contributed by atoms with Crippen molar-refractivity contribution in [2.75, 3.05) is 44.6 Å². The van der Waals surface area contributed by atoms with Gasteiger partial charge in [-0.3, -0.25) is 4.79 Å². The third-order valence-electron chi connectivity index (χ3n) is 10.4. The van der Waals surface area contributed by atoms with E-state index in [1.54, 1.807) is 0 Å². The normalized spacial score (nSPS) is 21.0. The molecule has 0 saturated carbocycles. The van der Waals surface area contributed by atoms with Crippen LogP contribution >= 0.6 is 0 Å². The molecular formula is C35H45N7O3. The summed E-state index contributed by atoms with van der Waals surface area (Å²) in [6, 6.07) is 15.8. The summed E-state index contributed by atoms with van der Waals surface area (Å²) < 4.78 is 0. The van der Waals surface area contributed by atoms with E-state index in [4.69, 9.17) is 0 Å². The largest absolute Gasteiger partial charge is 0.361 e. The predicted octanol–water partition coefficient (Wildman–Crippen LogP) is 4.78. The van der Waals surface area contributed by atoms with Gasteiger partial charge in [0.15, 0.2) is 0 Å². The first-order valence-corrected chi connectivity index (χ1v) is 16.8. The monoisotopic (exact) mass is 611 g/mol. The van der Waals surface area contributed by atoms with Crippen LogP contribution in [0.4, 0.5) is 15.3 Å². The minimum atomic E-state index is -0.637. The molecular weight excluding hydrogens is 566 g/mol. The molecule has 45 heavy (non-hydrogen) atoms. The second-order valence-corrected chi connectivity index (χ2v) is 13.2. The number of urea groups is 2. The summed E-state index contributed by atoms with van der Waals surface area (Å²) in [5.74, 6) is 0.00755. The molecule has 1 aromatic heterocycles. The Morgan fingerprint density at radius 1 is 0.844 bits per heavy atom. The lowest BCUT2D eigenvalue weighted by Crippen LogP contribution is -2.57. The van der Waals surface area contributed by atoms with Crippen LogP contribution in [-0.4, -0.2) is 99.9 Å². The van der Waals surface area contributed by atoms with Crippen LogP contribution in [-0.2, 0) is 17.8 Å². The van der Waals surface area contributed by atoms with Gasteiger partial charge in [-0.05, 0) is 92.4 Å². The fourth-order valence-electron chi connectivity index (χ4n) is 7.76. The number of aromatic amines is 1. The van der Waals surface area contributed by atoms with Crippen LogP contribution < -0.4 is 10.6 Å². The van der Waals surface area contributed by atoms with Crippen molar-refractivity contribution in [1.29, 1.82) is 0 Å². The van der Waals surface area contributed by atoms with Gasteiger partial charge < -0.3 is 35.2 Å². The molecule has 2 aromatic carbocycles. The Morgan fingerprint density at radius 2 is 1.58 bits per heavy atom. The second-order valence-electron chi connectivity index (χ2n) is 13.2. The van der Waals surface area contributed by atoms with E-state index in [1.165, 1.54) is 32.4 Å². The Morgan fingerprint density at radius 3 is 2.38 bits per heavy atom. The van der Waals surface area contributed by atoms with E-state index >= 15 is 0 Å². The molecule has 0 aliphatic carbocycles. The molecule has 10 nitrogen and oxygen atoms in total. The molecule has 5 heterocycles. The highest BCUT2D eigenvalue weighted by atomic mass is 16.2. The number of hydrogen-bond donors (Lipinski definition) is 3. The van der Waals surface area contributed by atoms with Gasteiger partial charge in [-0.2, -0.15) is 0 Å². The third-order valence-corrected chi connectivity index (χ3v) is 10.4. The van der Waals surface area contributed by atoms with Gasteiger partial charge in [0.2, 0.25) is 5.91 Å². The van der Waals surface area contributed by atoms with Gasteiger partial charge in [0.05, 0.1) is 0 Å². The van der Waals surface area contributed by atoms with E-state index in [0.29, 0.717) is 44.9 Å². The molecule has 3 N–H and O–H groups in total. The number of nitrogens with zero attached hydrogens (tertiary/aromatic N) is 4. The lowest BCUT2D eigenvalue weighted by molar-refractivity contribution is -0.134. The van der Waals surface area contributed by atoms with Crippen molar-refractivity contribution >= 4 is 34.6 Å². The van der Waals surface area contributed by atoms with Crippen LogP contribution in [0.5, 0.6) is 0 Å². The van der Waals surface area contributed by atoms with E-state index in [9.17, 15) is 14.4 Å². The van der Waals surface area contributed by atoms with Gasteiger partial charge in [0, 0.05) is 68.6 Å². The van der Waals surface area contributed by atoms with Gasteiger partial charge in [0.25, 0.3) is 0 Å². The van der Waals surface area contributed by atoms with Crippen LogP contribution in [0.25, 0.3) is 10.9 Å². The molecule has 238 valence electrons. The van der Waals surface area contributed by atoms with Gasteiger partial charge >= 0.3 is 12.1 Å². The lowest BCUT2D eigenvalue weighted by Gasteiger charge is -2.42. The highest BCUT2D eigenvalue weighted by molar-refractivity contribution is 5.92. The highest BCUT2D eigenvalue weighted by Crippen LogP contribution is 2.28. The smallest absolute Gasteiger partial charge is 0.322 e. The van der Waals surface area contributed by atoms with Gasteiger partial charge in [-0.25, -0.2) is 9.59 Å². The maximum Gasteiger partial charge on any atom is 0.322 e. The molecule has 10 heteroatoms. The van der Waals surface area contributed by atoms with E-state index in [2.05, 4.69) is 26.6 Å². The molecule has 3 aromatic rings. The van der Waals surface area contributed by atoms with Crippen molar-refractivity contribution < 1.29 is 14.4 Å². The number of para-hydroxylation sites is 1. The number of rotatable bonds is 6. The number of aromatic nitrogens is 1. The van der Waals surface area contributed by atoms with Crippen LogP contribution in [0, 0.1) is 0 Å². The number of anilines is 1. The Kier molecular flexibility index (Phi) is 8.65. The number of amides is 5. The van der Waals surface area contributed by atoms with Gasteiger partial charge in [-0.15, -0.1) is 0 Å². The topological polar surface area (TPSA) is 104 Å². The summed E-state index contributed by atoms with van der Waals surface area (Å²) >= 11 is 0. The number of H-pyrrole nitrogens is 1. The number of carbonyl (C=O) groups excluding carboxylic acids is 3. The van der Waals surface area contributed by atoms with Crippen molar-refractivity contribution in [3.63, 3.8) is 0 Å². The number of piperidine rings is 3. The second kappa shape index (κ2) is 13.1. The SMILES string of the molecule is O=C(NC(Cc1ccc2[nH]ccc2c1)C(=O)N1CCC(N2CCCCC2)CC1)N1CCC(N2Cc3ccccc3NC2=O)CC1. The van der Waals surface area contributed by atoms with E-state index in [1.807, 2.05) is 63.4 Å². The first kappa shape index (κ1) is 29.6. The van der Waals surface area contributed by atoms with Gasteiger partial charge in [-0.1, -0.05) is 30.7 Å². The van der Waals surface area contributed by atoms with Crippen LogP contribution in [0.3, 0.4) is 0 Å². The zero-order valence-electron chi connectivity index (χ0n) is 26.0. The summed E-state index contributed by atoms with van der Waals surface area (Å²) in [5, 5.41) is 7.26. The van der Waals surface area contributed by atoms with Crippen LogP contribution in [0.1, 0.15) is 56.1 Å². The van der Waals surface area contributed by atoms with Gasteiger partial charge in [0.1, 0.15) is 6.04 Å². The van der Waals surface area contributed by atoms with E-state index in [0.717, 1.165) is 53.6 Å². The van der Waals surface area contributed by atoms with Crippen molar-refractivity contribution in [1.82, 2.24) is 29.9 Å². The standard InChI is InChI=1S/C35H45N7O3/c43-33(40-18-11-28(12-19-40)39-16-4-1-5-17-39)32(23-25-8-9-30-26(22-25)10-15-36-30)38-34(44)41-20-13-29(14-21-41)42-24-27-6-2-3-7-31(27)37-35(42)45/h2-3,6-10,15,22,28-29,32,36H,1,4-5,11-14,16-21,23-24H2,(H,37,45)(H,38,44). The molecule has 0 spiro atoms. The predicted molar refractivity (Wildman–Crippen MR) is 175 cm³/mol. The van der Waals surface area contributed by atoms with Crippen molar-refractivity contribution in [2.24, 2.45) is 0 Å². The number of carbonyl (C=O) groups is 3. The number of nitrogens with one attached hydrogen (secondary N) is 3. The van der Waals surface area contributed by atoms with Crippen molar-refractivity contribution in [2.45, 2.75) is 76.0 Å². The average Bonchev–Trinajstić information content (AvgIpc) is 3.56. The molecule has 0 bridgehead atoms. The molecule has 4 aliphatic heterocycles. The molecule has 0 radical (unpaired) electrons. The number of benzene rings is 2. The maximum absolute atomic E-state index is 14.0. The highest BCUT2D eigenvalue weighted by Gasteiger charge is 2.35. The van der Waals surface area contributed by atoms with Crippen LogP contribution in [0.15, 0.2) is 54.7 Å². The summed E-state index contributed by atoms with van der Waals surface area (Å²) in [5.41, 5.74) is 4.06. The summed E-state index contributed by atoms with van der Waals surface area (Å²) in [6.07, 6.45) is 9.62. The lowest BCUT2D eigenvalue weighted by atomic mass is 9.98. The Balaban J connectivity index is 0.994. The quantitative estimate of drug-likeness (QED) is 0.373. The minimum Gasteiger partial charge on any atom is -0.361 e. The molecule has 3 saturated heterocycles. The zero-order valence-corrected chi connectivity index (χ0v) is 26.0. The molecule has 3 fully saturated rings. The Bertz CT molecular complexity index is 1520. The summed E-state index contributed by atoms with van der Waals surface area (Å²) in [4.78, 5) is 52.1. The zero-order chi connectivity index (χ0) is 30.8. The fourth-order valence-corrected chi connectivity index (χ4v) is 7.76. The summed E-state index contributed by atoms with van der Waals surface area (Å²) in [6.45, 7) is 5.47. The summed E-state index contributed by atoms with van der Waals surface area (Å²) in [7, 11) is 0. The molecule has 5 amide bonds. The van der Waals surface area contributed by atoms with Crippen molar-refractivity contribution in [3.8, 4) is 0 Å². The maximum atomic E-state index is 14.0. The van der Waals surface area contributed by atoms with Crippen LogP contribution in [0.2, 0.25) is 0 Å². The Labute approximate surface area is 265 Å². The first-order valence-electron chi connectivity index (χ1n) is 16.8. The Hall–Kier alpha value is -4.05. The average molecular weight is 612 g/mol. The third kappa shape index (κ3) is 6.52. The van der Waals surface area contributed by atoms with Crippen molar-refractivity contribution in [3.05, 3.63) is 65.9 Å². The van der Waals surface area contributed by atoms with E-state index < -0.39 is 6.04 Å². The number of fused-ring (bicyclic) bond motifs is 2. The molecule has 4 aliphatic rings. The molecule has 1 atom stereocenters. The fraction of sp³-hybridized carbons (Fsp3) is 0.514.